The lowest BCUT2D eigenvalue weighted by Gasteiger charge is -2.19. The topological polar surface area (TPSA) is 78.8 Å². The first-order valence-corrected chi connectivity index (χ1v) is 3.25. The number of carboxylic acid groups (broad SMARTS) is 1. The highest BCUT2D eigenvalue weighted by atomic mass is 16.5. The van der Waals surface area contributed by atoms with Crippen molar-refractivity contribution in [1.82, 2.24) is 5.32 Å². The van der Waals surface area contributed by atoms with E-state index in [0.29, 0.717) is 0 Å². The zero-order chi connectivity index (χ0) is 8.85. The van der Waals surface area contributed by atoms with Gasteiger partial charge >= 0.3 is 6.09 Å². The predicted molar refractivity (Wildman–Crippen MR) is 38.5 cm³/mol. The van der Waals surface area contributed by atoms with Crippen LogP contribution in [-0.4, -0.2) is 42.2 Å². The second kappa shape index (κ2) is 4.92. The van der Waals surface area contributed by atoms with E-state index in [-0.39, 0.29) is 12.7 Å². The highest BCUT2D eigenvalue weighted by Gasteiger charge is 2.17. The third kappa shape index (κ3) is 3.79. The zero-order valence-corrected chi connectivity index (χ0v) is 6.57. The summed E-state index contributed by atoms with van der Waals surface area (Å²) in [6, 6.07) is -0.558. The van der Waals surface area contributed by atoms with E-state index in [0.717, 1.165) is 0 Å². The van der Waals surface area contributed by atoms with E-state index in [2.05, 4.69) is 5.32 Å². The first-order chi connectivity index (χ1) is 5.11. The molecule has 0 radical (unpaired) electrons. The van der Waals surface area contributed by atoms with Crippen molar-refractivity contribution in [3.05, 3.63) is 0 Å². The second-order valence-corrected chi connectivity index (χ2v) is 2.18. The second-order valence-electron chi connectivity index (χ2n) is 2.18. The molecule has 3 N–H and O–H groups in total. The van der Waals surface area contributed by atoms with E-state index in [1.807, 2.05) is 0 Å². The van der Waals surface area contributed by atoms with Crippen molar-refractivity contribution in [2.45, 2.75) is 19.1 Å². The molecule has 5 heteroatoms. The molecule has 0 bridgehead atoms. The molecule has 2 atom stereocenters. The fraction of sp³-hybridized carbons (Fsp3) is 0.833. The molecule has 0 aliphatic carbocycles. The number of rotatable bonds is 4. The fourth-order valence-corrected chi connectivity index (χ4v) is 0.634. The molecule has 11 heavy (non-hydrogen) atoms. The van der Waals surface area contributed by atoms with Crippen molar-refractivity contribution in [2.75, 3.05) is 13.7 Å². The van der Waals surface area contributed by atoms with Gasteiger partial charge in [-0.05, 0) is 6.92 Å². The normalized spacial score (nSPS) is 15.5. The van der Waals surface area contributed by atoms with E-state index in [4.69, 9.17) is 14.9 Å². The van der Waals surface area contributed by atoms with Gasteiger partial charge in [-0.1, -0.05) is 0 Å². The SMILES string of the molecule is CO[C@@H](C)[C@@H](CO)NC(=O)O. The molecular formula is C6H13NO4. The molecule has 66 valence electrons. The van der Waals surface area contributed by atoms with E-state index < -0.39 is 12.1 Å². The highest BCUT2D eigenvalue weighted by Crippen LogP contribution is 1.95. The number of hydrogen-bond acceptors (Lipinski definition) is 3. The number of ether oxygens (including phenoxy) is 1. The molecule has 0 aromatic heterocycles. The van der Waals surface area contributed by atoms with Crippen LogP contribution in [0.1, 0.15) is 6.92 Å². The molecule has 0 aromatic rings. The number of nitrogens with one attached hydrogen (secondary N) is 1. The summed E-state index contributed by atoms with van der Waals surface area (Å²) in [5, 5.41) is 19.1. The summed E-state index contributed by atoms with van der Waals surface area (Å²) >= 11 is 0. The van der Waals surface area contributed by atoms with Crippen LogP contribution in [-0.2, 0) is 4.74 Å². The molecule has 0 heterocycles. The minimum Gasteiger partial charge on any atom is -0.465 e. The van der Waals surface area contributed by atoms with Crippen LogP contribution in [0.4, 0.5) is 4.79 Å². The van der Waals surface area contributed by atoms with Gasteiger partial charge in [-0.3, -0.25) is 0 Å². The maximum absolute atomic E-state index is 10.1. The Morgan fingerprint density at radius 2 is 2.27 bits per heavy atom. The molecule has 0 spiro atoms. The number of carbonyl (C=O) groups is 1. The minimum absolute atomic E-state index is 0.263. The van der Waals surface area contributed by atoms with Gasteiger partial charge in [0, 0.05) is 7.11 Å². The molecule has 0 saturated heterocycles. The first kappa shape index (κ1) is 10.2. The molecule has 0 aromatic carbocycles. The molecule has 0 saturated carbocycles. The first-order valence-electron chi connectivity index (χ1n) is 3.25. The van der Waals surface area contributed by atoms with Crippen molar-refractivity contribution in [3.8, 4) is 0 Å². The summed E-state index contributed by atoms with van der Waals surface area (Å²) in [7, 11) is 1.46. The zero-order valence-electron chi connectivity index (χ0n) is 6.57. The molecule has 0 fully saturated rings. The van der Waals surface area contributed by atoms with Crippen LogP contribution >= 0.6 is 0 Å². The Morgan fingerprint density at radius 3 is 2.55 bits per heavy atom. The van der Waals surface area contributed by atoms with Gasteiger partial charge in [-0.25, -0.2) is 4.79 Å². The molecular weight excluding hydrogens is 150 g/mol. The lowest BCUT2D eigenvalue weighted by molar-refractivity contribution is 0.0581. The number of aliphatic hydroxyl groups excluding tert-OH is 1. The lowest BCUT2D eigenvalue weighted by atomic mass is 10.2. The Hall–Kier alpha value is -0.810. The number of aliphatic hydroxyl groups is 1. The smallest absolute Gasteiger partial charge is 0.405 e. The van der Waals surface area contributed by atoms with Crippen LogP contribution in [0.25, 0.3) is 0 Å². The van der Waals surface area contributed by atoms with Crippen LogP contribution < -0.4 is 5.32 Å². The van der Waals surface area contributed by atoms with Gasteiger partial charge in [0.1, 0.15) is 0 Å². The number of methoxy groups -OCH3 is 1. The molecule has 1 amide bonds. The summed E-state index contributed by atoms with van der Waals surface area (Å²) in [5.41, 5.74) is 0. The van der Waals surface area contributed by atoms with E-state index in [9.17, 15) is 4.79 Å². The Bertz CT molecular complexity index is 128. The average molecular weight is 163 g/mol. The Kier molecular flexibility index (Phi) is 4.56. The Morgan fingerprint density at radius 1 is 1.73 bits per heavy atom. The Balaban J connectivity index is 3.84. The van der Waals surface area contributed by atoms with Crippen LogP contribution in [0.3, 0.4) is 0 Å². The maximum atomic E-state index is 10.1. The number of hydrogen-bond donors (Lipinski definition) is 3. The summed E-state index contributed by atoms with van der Waals surface area (Å²) in [5.74, 6) is 0. The van der Waals surface area contributed by atoms with Crippen molar-refractivity contribution < 1.29 is 19.7 Å². The fourth-order valence-electron chi connectivity index (χ4n) is 0.634. The molecule has 0 aliphatic rings. The minimum atomic E-state index is -1.16. The van der Waals surface area contributed by atoms with Gasteiger partial charge in [-0.15, -0.1) is 0 Å². The Labute approximate surface area is 65.0 Å². The molecule has 0 unspecified atom stereocenters. The lowest BCUT2D eigenvalue weighted by Crippen LogP contribution is -2.44. The molecule has 0 aliphatic heterocycles. The maximum Gasteiger partial charge on any atom is 0.405 e. The standard InChI is InChI=1S/C6H13NO4/c1-4(11-2)5(3-8)7-6(9)10/h4-5,7-8H,3H2,1-2H3,(H,9,10)/t4-,5+/m0/s1. The van der Waals surface area contributed by atoms with Crippen molar-refractivity contribution in [1.29, 1.82) is 0 Å². The number of amides is 1. The summed E-state index contributed by atoms with van der Waals surface area (Å²) in [6.07, 6.45) is -1.48. The average Bonchev–Trinajstić information content (AvgIpc) is 1.98. The molecule has 0 rings (SSSR count). The summed E-state index contributed by atoms with van der Waals surface area (Å²) in [6.45, 7) is 1.41. The van der Waals surface area contributed by atoms with Crippen LogP contribution in [0.15, 0.2) is 0 Å². The van der Waals surface area contributed by atoms with Gasteiger partial charge in [-0.2, -0.15) is 0 Å². The van der Waals surface area contributed by atoms with Gasteiger partial charge in [0.2, 0.25) is 0 Å². The van der Waals surface area contributed by atoms with Crippen LogP contribution in [0, 0.1) is 0 Å². The van der Waals surface area contributed by atoms with E-state index in [1.165, 1.54) is 7.11 Å². The van der Waals surface area contributed by atoms with Gasteiger partial charge in [0.25, 0.3) is 0 Å². The third-order valence-corrected chi connectivity index (χ3v) is 1.44. The van der Waals surface area contributed by atoms with Crippen molar-refractivity contribution in [2.24, 2.45) is 0 Å². The summed E-state index contributed by atoms with van der Waals surface area (Å²) < 4.78 is 4.82. The highest BCUT2D eigenvalue weighted by molar-refractivity contribution is 5.64. The van der Waals surface area contributed by atoms with Crippen molar-refractivity contribution in [3.63, 3.8) is 0 Å². The van der Waals surface area contributed by atoms with Gasteiger partial charge < -0.3 is 20.3 Å². The summed E-state index contributed by atoms with van der Waals surface area (Å²) in [4.78, 5) is 10.1. The monoisotopic (exact) mass is 163 g/mol. The van der Waals surface area contributed by atoms with E-state index >= 15 is 0 Å². The van der Waals surface area contributed by atoms with Gasteiger partial charge in [0.15, 0.2) is 0 Å². The quantitative estimate of drug-likeness (QED) is 0.529. The van der Waals surface area contributed by atoms with Crippen LogP contribution in [0.2, 0.25) is 0 Å². The van der Waals surface area contributed by atoms with Crippen molar-refractivity contribution >= 4 is 6.09 Å². The van der Waals surface area contributed by atoms with Gasteiger partial charge in [0.05, 0.1) is 18.8 Å². The third-order valence-electron chi connectivity index (χ3n) is 1.44. The molecule has 5 nitrogen and oxygen atoms in total. The van der Waals surface area contributed by atoms with Crippen LogP contribution in [0.5, 0.6) is 0 Å². The predicted octanol–water partition coefficient (Wildman–Crippen LogP) is -0.350. The van der Waals surface area contributed by atoms with E-state index in [1.54, 1.807) is 6.92 Å². The largest absolute Gasteiger partial charge is 0.465 e.